The minimum absolute atomic E-state index is 0.00598. The predicted octanol–water partition coefficient (Wildman–Crippen LogP) is 3.90. The molecule has 1 amide bonds. The van der Waals surface area contributed by atoms with Crippen LogP contribution in [0, 0.1) is 11.3 Å². The zero-order valence-electron chi connectivity index (χ0n) is 27.0. The van der Waals surface area contributed by atoms with Crippen molar-refractivity contribution in [2.45, 2.75) is 87.7 Å². The third-order valence-corrected chi connectivity index (χ3v) is 11.4. The van der Waals surface area contributed by atoms with E-state index >= 15 is 0 Å². The second-order valence-electron chi connectivity index (χ2n) is 14.0. The third-order valence-electron chi connectivity index (χ3n) is 11.4. The Hall–Kier alpha value is -3.48. The molecule has 0 saturated carbocycles. The van der Waals surface area contributed by atoms with E-state index in [-0.39, 0.29) is 17.4 Å². The maximum atomic E-state index is 13.4. The maximum Gasteiger partial charge on any atom is 0.318 e. The number of piperazine rings is 1. The minimum Gasteiger partial charge on any atom is -0.462 e. The highest BCUT2D eigenvalue weighted by molar-refractivity contribution is 5.88. The van der Waals surface area contributed by atoms with E-state index in [0.717, 1.165) is 76.0 Å². The average Bonchev–Trinajstić information content (AvgIpc) is 3.77. The molecule has 0 bridgehead atoms. The number of ether oxygens (including phenoxy) is 1. The summed E-state index contributed by atoms with van der Waals surface area (Å²) in [6.45, 7) is 4.58. The van der Waals surface area contributed by atoms with Crippen molar-refractivity contribution in [3.8, 4) is 12.1 Å². The van der Waals surface area contributed by atoms with Crippen molar-refractivity contribution < 1.29 is 9.53 Å². The monoisotopic (exact) mass is 609 g/mol. The number of rotatable bonds is 7. The Bertz CT molecular complexity index is 1490. The Kier molecular flexibility index (Phi) is 8.54. The van der Waals surface area contributed by atoms with E-state index in [4.69, 9.17) is 14.7 Å². The highest BCUT2D eigenvalue weighted by Crippen LogP contribution is 2.48. The van der Waals surface area contributed by atoms with Crippen LogP contribution in [-0.2, 0) is 29.5 Å². The van der Waals surface area contributed by atoms with Gasteiger partial charge in [0.05, 0.1) is 24.2 Å². The van der Waals surface area contributed by atoms with Crippen LogP contribution in [0.1, 0.15) is 67.3 Å². The summed E-state index contributed by atoms with van der Waals surface area (Å²) in [6.07, 6.45) is 13.8. The van der Waals surface area contributed by atoms with Gasteiger partial charge in [-0.15, -0.1) is 0 Å². The Morgan fingerprint density at radius 2 is 1.87 bits per heavy atom. The summed E-state index contributed by atoms with van der Waals surface area (Å²) in [5.41, 5.74) is 5.41. The lowest BCUT2D eigenvalue weighted by Crippen LogP contribution is -2.55. The molecular weight excluding hydrogens is 562 g/mol. The van der Waals surface area contributed by atoms with Crippen molar-refractivity contribution in [2.24, 2.45) is 0 Å². The number of aryl methyl sites for hydroxylation is 1. The summed E-state index contributed by atoms with van der Waals surface area (Å²) in [4.78, 5) is 32.5. The number of amides is 1. The van der Waals surface area contributed by atoms with Gasteiger partial charge in [-0.05, 0) is 96.1 Å². The Balaban J connectivity index is 1.15. The molecule has 4 atom stereocenters. The number of likely N-dealkylation sites (tertiary alicyclic amines) is 2. The third kappa shape index (κ3) is 5.95. The molecule has 2 unspecified atom stereocenters. The van der Waals surface area contributed by atoms with E-state index in [1.807, 2.05) is 11.0 Å². The van der Waals surface area contributed by atoms with Crippen molar-refractivity contribution in [1.29, 1.82) is 5.26 Å². The fourth-order valence-corrected chi connectivity index (χ4v) is 8.65. The number of anilines is 1. The van der Waals surface area contributed by atoms with Crippen LogP contribution >= 0.6 is 0 Å². The van der Waals surface area contributed by atoms with Gasteiger partial charge >= 0.3 is 6.01 Å². The zero-order chi connectivity index (χ0) is 31.0. The average molecular weight is 610 g/mol. The first kappa shape index (κ1) is 30.2. The molecule has 1 aromatic heterocycles. The van der Waals surface area contributed by atoms with Gasteiger partial charge < -0.3 is 19.4 Å². The van der Waals surface area contributed by atoms with E-state index in [9.17, 15) is 10.1 Å². The Morgan fingerprint density at radius 1 is 1.04 bits per heavy atom. The highest BCUT2D eigenvalue weighted by atomic mass is 16.5. The predicted molar refractivity (Wildman–Crippen MR) is 174 cm³/mol. The highest BCUT2D eigenvalue weighted by Gasteiger charge is 2.43. The van der Waals surface area contributed by atoms with Crippen LogP contribution in [0.25, 0.3) is 0 Å². The standard InChI is InChI=1S/C36H47N7O2/c1-40-19-5-8-27(40)11-12-33(44)43-22-21-42(24-28(43)15-18-37)34-30-14-17-36(16-13-26-7-3-4-10-31(26)36)23-32(30)38-35(39-34)45-25-29-9-6-20-41(29)2/h3-4,7,10-12,27-29H,5-6,8-9,13-17,19-25H2,1-2H3/b12-11+/t27?,28-,29-,36?/m0/s1. The number of carbonyl (C=O) groups excluding carboxylic acids is 1. The number of nitrogens with zero attached hydrogens (tertiary/aromatic N) is 7. The molecule has 2 aromatic rings. The number of fused-ring (bicyclic) bond motifs is 3. The first-order chi connectivity index (χ1) is 21.9. The lowest BCUT2D eigenvalue weighted by Gasteiger charge is -2.42. The second-order valence-corrected chi connectivity index (χ2v) is 14.0. The van der Waals surface area contributed by atoms with Crippen molar-refractivity contribution in [3.05, 3.63) is 58.8 Å². The van der Waals surface area contributed by atoms with Crippen LogP contribution in [0.4, 0.5) is 5.82 Å². The number of hydrogen-bond donors (Lipinski definition) is 0. The lowest BCUT2D eigenvalue weighted by atomic mass is 9.69. The lowest BCUT2D eigenvalue weighted by molar-refractivity contribution is -0.128. The molecule has 0 radical (unpaired) electrons. The number of hydrogen-bond acceptors (Lipinski definition) is 8. The van der Waals surface area contributed by atoms with E-state index in [1.54, 1.807) is 6.08 Å². The molecule has 0 N–H and O–H groups in total. The molecule has 9 nitrogen and oxygen atoms in total. The van der Waals surface area contributed by atoms with Crippen molar-refractivity contribution in [3.63, 3.8) is 0 Å². The molecule has 45 heavy (non-hydrogen) atoms. The Morgan fingerprint density at radius 3 is 2.67 bits per heavy atom. The van der Waals surface area contributed by atoms with E-state index in [2.05, 4.69) is 59.1 Å². The first-order valence-electron chi connectivity index (χ1n) is 17.1. The number of aromatic nitrogens is 2. The van der Waals surface area contributed by atoms with Crippen molar-refractivity contribution in [2.75, 3.05) is 58.3 Å². The summed E-state index contributed by atoms with van der Waals surface area (Å²) in [7, 11) is 4.28. The topological polar surface area (TPSA) is 88.8 Å². The van der Waals surface area contributed by atoms with Crippen molar-refractivity contribution in [1.82, 2.24) is 24.7 Å². The number of likely N-dealkylation sites (N-methyl/N-ethyl adjacent to an activating group) is 2. The van der Waals surface area contributed by atoms with Crippen LogP contribution in [-0.4, -0.2) is 102 Å². The molecule has 5 aliphatic rings. The molecule has 9 heteroatoms. The summed E-state index contributed by atoms with van der Waals surface area (Å²) in [6, 6.07) is 12.3. The van der Waals surface area contributed by atoms with Crippen LogP contribution in [0.5, 0.6) is 6.01 Å². The normalized spacial score (nSPS) is 28.5. The molecule has 3 aliphatic heterocycles. The molecular formula is C36H47N7O2. The van der Waals surface area contributed by atoms with Gasteiger partial charge in [-0.1, -0.05) is 30.3 Å². The van der Waals surface area contributed by atoms with Gasteiger partial charge in [-0.3, -0.25) is 9.69 Å². The van der Waals surface area contributed by atoms with E-state index in [1.165, 1.54) is 23.1 Å². The Labute approximate surface area is 267 Å². The van der Waals surface area contributed by atoms with Gasteiger partial charge in [0.15, 0.2) is 0 Å². The summed E-state index contributed by atoms with van der Waals surface area (Å²) in [5, 5.41) is 9.76. The first-order valence-corrected chi connectivity index (χ1v) is 17.1. The summed E-state index contributed by atoms with van der Waals surface area (Å²) < 4.78 is 6.38. The number of carbonyl (C=O) groups is 1. The fourth-order valence-electron chi connectivity index (χ4n) is 8.65. The largest absolute Gasteiger partial charge is 0.462 e. The van der Waals surface area contributed by atoms with Gasteiger partial charge in [-0.2, -0.15) is 15.2 Å². The van der Waals surface area contributed by atoms with Gasteiger partial charge in [0.2, 0.25) is 5.91 Å². The van der Waals surface area contributed by atoms with E-state index < -0.39 is 0 Å². The smallest absolute Gasteiger partial charge is 0.318 e. The minimum atomic E-state index is -0.194. The summed E-state index contributed by atoms with van der Waals surface area (Å²) >= 11 is 0. The van der Waals surface area contributed by atoms with Crippen LogP contribution in [0.15, 0.2) is 36.4 Å². The number of nitriles is 1. The van der Waals surface area contributed by atoms with Gasteiger partial charge in [0.1, 0.15) is 12.4 Å². The summed E-state index contributed by atoms with van der Waals surface area (Å²) in [5.74, 6) is 0.945. The number of benzene rings is 1. The van der Waals surface area contributed by atoms with Gasteiger partial charge in [-0.25, -0.2) is 0 Å². The molecule has 1 spiro atoms. The zero-order valence-corrected chi connectivity index (χ0v) is 27.0. The van der Waals surface area contributed by atoms with Crippen LogP contribution in [0.2, 0.25) is 0 Å². The molecule has 3 saturated heterocycles. The quantitative estimate of drug-likeness (QED) is 0.437. The fraction of sp³-hybridized carbons (Fsp3) is 0.611. The van der Waals surface area contributed by atoms with Crippen LogP contribution in [0.3, 0.4) is 0 Å². The maximum absolute atomic E-state index is 13.4. The molecule has 1 aromatic carbocycles. The molecule has 7 rings (SSSR count). The molecule has 3 fully saturated rings. The van der Waals surface area contributed by atoms with E-state index in [0.29, 0.717) is 50.8 Å². The second kappa shape index (κ2) is 12.7. The molecule has 4 heterocycles. The van der Waals surface area contributed by atoms with Crippen LogP contribution < -0.4 is 9.64 Å². The molecule has 2 aliphatic carbocycles. The van der Waals surface area contributed by atoms with Gasteiger partial charge in [0, 0.05) is 48.8 Å². The van der Waals surface area contributed by atoms with Crippen molar-refractivity contribution >= 4 is 11.7 Å². The SMILES string of the molecule is CN1CCCC1/C=C/C(=O)N1CCN(c2nc(OC[C@@H]3CCCN3C)nc3c2CCC2(CCc4ccccc42)C3)C[C@@H]1CC#N. The molecule has 238 valence electrons. The van der Waals surface area contributed by atoms with Gasteiger partial charge in [0.25, 0.3) is 0 Å².